The molecule has 0 unspecified atom stereocenters. The largest absolute Gasteiger partial charge is 0.394 e. The number of amides is 1. The van der Waals surface area contributed by atoms with Crippen LogP contribution in [0, 0.1) is 22.9 Å². The van der Waals surface area contributed by atoms with Gasteiger partial charge in [-0.2, -0.15) is 0 Å². The van der Waals surface area contributed by atoms with Gasteiger partial charge in [-0.1, -0.05) is 5.21 Å². The number of thioether (sulfide) groups is 1. The molecule has 1 aromatic carbocycles. The van der Waals surface area contributed by atoms with E-state index in [0.29, 0.717) is 12.1 Å². The van der Waals surface area contributed by atoms with Crippen molar-refractivity contribution in [2.24, 2.45) is 5.41 Å². The summed E-state index contributed by atoms with van der Waals surface area (Å²) in [7, 11) is 1.25. The molecule has 0 bridgehead atoms. The minimum atomic E-state index is -2.97. The number of likely N-dealkylation sites (tertiary alicyclic amines) is 1. The Balaban J connectivity index is 1.30. The molecule has 10 nitrogen and oxygen atoms in total. The smallest absolute Gasteiger partial charge is 0.254 e. The van der Waals surface area contributed by atoms with E-state index < -0.39 is 101 Å². The van der Waals surface area contributed by atoms with E-state index >= 15 is 0 Å². The summed E-state index contributed by atoms with van der Waals surface area (Å²) in [6.07, 6.45) is -4.83. The Bertz CT molecular complexity index is 1490. The number of hydrogen-bond donors (Lipinski definition) is 3. The van der Waals surface area contributed by atoms with Crippen molar-refractivity contribution in [1.82, 2.24) is 19.9 Å². The molecule has 6 rings (SSSR count). The van der Waals surface area contributed by atoms with Gasteiger partial charge in [0.05, 0.1) is 18.4 Å². The second-order valence-electron chi connectivity index (χ2n) is 13.2. The second-order valence-corrected chi connectivity index (χ2v) is 14.4. The maximum atomic E-state index is 14.2. The summed E-state index contributed by atoms with van der Waals surface area (Å²) in [5.41, 5.74) is -4.63. The normalized spacial score (nSPS) is 35.1. The predicted octanol–water partition coefficient (Wildman–Crippen LogP) is 3.69. The monoisotopic (exact) mass is 712 g/mol. The van der Waals surface area contributed by atoms with Crippen molar-refractivity contribution in [1.29, 1.82) is 0 Å². The number of carbonyl (C=O) groups excluding carboxylic acids is 1. The van der Waals surface area contributed by atoms with Gasteiger partial charge >= 0.3 is 0 Å². The van der Waals surface area contributed by atoms with E-state index in [1.54, 1.807) is 0 Å². The summed E-state index contributed by atoms with van der Waals surface area (Å²) in [4.78, 5) is 15.2. The van der Waals surface area contributed by atoms with Crippen LogP contribution in [0.4, 0.5) is 30.7 Å². The van der Waals surface area contributed by atoms with Crippen LogP contribution in [-0.2, 0) is 14.3 Å². The molecule has 266 valence electrons. The maximum absolute atomic E-state index is 14.2. The van der Waals surface area contributed by atoms with Crippen LogP contribution in [-0.4, -0.2) is 114 Å². The Labute approximate surface area is 274 Å². The van der Waals surface area contributed by atoms with E-state index in [-0.39, 0.29) is 56.5 Å². The molecule has 1 spiro atoms. The molecule has 0 radical (unpaired) electrons. The van der Waals surface area contributed by atoms with Gasteiger partial charge in [0.2, 0.25) is 5.91 Å². The summed E-state index contributed by atoms with van der Waals surface area (Å²) in [6, 6.07) is 0.193. The molecule has 2 saturated carbocycles. The molecule has 2 aliphatic heterocycles. The first kappa shape index (κ1) is 35.3. The fourth-order valence-electron chi connectivity index (χ4n) is 7.10. The number of alkyl halides is 4. The van der Waals surface area contributed by atoms with Gasteiger partial charge in [-0.3, -0.25) is 4.79 Å². The van der Waals surface area contributed by atoms with E-state index in [1.807, 2.05) is 0 Å². The van der Waals surface area contributed by atoms with Crippen molar-refractivity contribution in [2.45, 2.75) is 97.4 Å². The van der Waals surface area contributed by atoms with Crippen LogP contribution in [0.1, 0.15) is 51.0 Å². The van der Waals surface area contributed by atoms with Crippen LogP contribution in [0.5, 0.6) is 0 Å². The Morgan fingerprint density at radius 1 is 1.08 bits per heavy atom. The van der Waals surface area contributed by atoms with Crippen LogP contribution in [0.2, 0.25) is 0 Å². The molecule has 2 saturated heterocycles. The van der Waals surface area contributed by atoms with E-state index in [2.05, 4.69) is 10.3 Å². The van der Waals surface area contributed by atoms with Gasteiger partial charge in [0.15, 0.2) is 17.5 Å². The Hall–Kier alpha value is -2.51. The number of methoxy groups -OCH3 is 1. The van der Waals surface area contributed by atoms with Crippen molar-refractivity contribution in [3.63, 3.8) is 0 Å². The number of piperidine rings is 1. The van der Waals surface area contributed by atoms with Crippen LogP contribution in [0.15, 0.2) is 18.3 Å². The molecule has 4 aliphatic rings. The lowest BCUT2D eigenvalue weighted by Crippen LogP contribution is -2.59. The molecular weight excluding hydrogens is 677 g/mol. The SMILES string of the molecule is CO[C@@H]1[C@@H](n2cc(-c3cc(F)c(F)c(F)c3)nn2)[C@@H](O)[C@@H](CO)O[C@H]1S[C@H](C(=O)N1CCC(F)(F)CC1)C1(O)CCC2(CC1)CC2(F)F. The standard InChI is InChI=1S/C30H35F7N4O6S/c1-46-23-21(41-12-18(38-39-41)15-10-16(31)20(33)17(32)11-15)22(43)19(13-42)47-26(23)48-24(25(44)40-8-6-29(34,35)7-9-40)28(45)4-2-27(3-5-28)14-30(27,36)37/h10-12,19,21-24,26,42-43,45H,2-9,13-14H2,1H3/t19-,21+,22+,23-,24-,26+,27?,28?/m1/s1. The van der Waals surface area contributed by atoms with Gasteiger partial charge in [-0.05, 0) is 37.8 Å². The van der Waals surface area contributed by atoms with Crippen LogP contribution >= 0.6 is 11.8 Å². The average Bonchev–Trinajstić information content (AvgIpc) is 3.32. The van der Waals surface area contributed by atoms with Crippen molar-refractivity contribution < 1.29 is 60.3 Å². The van der Waals surface area contributed by atoms with Gasteiger partial charge in [0.25, 0.3) is 11.8 Å². The van der Waals surface area contributed by atoms with E-state index in [9.17, 15) is 50.8 Å². The van der Waals surface area contributed by atoms with E-state index in [4.69, 9.17) is 9.47 Å². The Morgan fingerprint density at radius 2 is 1.69 bits per heavy atom. The average molecular weight is 713 g/mol. The third-order valence-electron chi connectivity index (χ3n) is 10.3. The third-order valence-corrected chi connectivity index (χ3v) is 11.8. The number of carbonyl (C=O) groups is 1. The molecule has 48 heavy (non-hydrogen) atoms. The van der Waals surface area contributed by atoms with E-state index in [1.165, 1.54) is 18.2 Å². The van der Waals surface area contributed by atoms with Crippen molar-refractivity contribution >= 4 is 17.7 Å². The van der Waals surface area contributed by atoms with Gasteiger partial charge < -0.3 is 29.7 Å². The van der Waals surface area contributed by atoms with Gasteiger partial charge in [-0.25, -0.2) is 35.4 Å². The highest BCUT2D eigenvalue weighted by Gasteiger charge is 2.72. The highest BCUT2D eigenvalue weighted by molar-refractivity contribution is 8.01. The zero-order valence-corrected chi connectivity index (χ0v) is 26.5. The lowest BCUT2D eigenvalue weighted by molar-refractivity contribution is -0.186. The molecule has 2 aliphatic carbocycles. The highest BCUT2D eigenvalue weighted by Crippen LogP contribution is 2.69. The third kappa shape index (κ3) is 6.32. The summed E-state index contributed by atoms with van der Waals surface area (Å²) < 4.78 is 111. The first-order valence-corrected chi connectivity index (χ1v) is 16.4. The second kappa shape index (κ2) is 12.7. The first-order chi connectivity index (χ1) is 22.5. The summed E-state index contributed by atoms with van der Waals surface area (Å²) in [5, 5.41) is 39.7. The topological polar surface area (TPSA) is 130 Å². The number of aliphatic hydroxyl groups excluding tert-OH is 2. The molecule has 2 aromatic rings. The van der Waals surface area contributed by atoms with Crippen LogP contribution in [0.25, 0.3) is 11.3 Å². The number of benzene rings is 1. The quantitative estimate of drug-likeness (QED) is 0.277. The Morgan fingerprint density at radius 3 is 2.23 bits per heavy atom. The highest BCUT2D eigenvalue weighted by atomic mass is 32.2. The lowest BCUT2D eigenvalue weighted by atomic mass is 9.74. The van der Waals surface area contributed by atoms with Gasteiger partial charge in [-0.15, -0.1) is 16.9 Å². The number of hydrogen-bond acceptors (Lipinski definition) is 9. The molecule has 3 heterocycles. The number of aliphatic hydroxyl groups is 3. The van der Waals surface area contributed by atoms with E-state index in [0.717, 1.165) is 16.4 Å². The number of rotatable bonds is 8. The molecule has 18 heteroatoms. The number of aromatic nitrogens is 3. The number of halogens is 7. The zero-order valence-electron chi connectivity index (χ0n) is 25.7. The molecular formula is C30H35F7N4O6S. The molecule has 3 N–H and O–H groups in total. The van der Waals surface area contributed by atoms with Crippen LogP contribution in [0.3, 0.4) is 0 Å². The molecule has 1 aromatic heterocycles. The van der Waals surface area contributed by atoms with Gasteiger partial charge in [0.1, 0.15) is 40.7 Å². The van der Waals surface area contributed by atoms with Crippen LogP contribution < -0.4 is 0 Å². The number of nitrogens with zero attached hydrogens (tertiary/aromatic N) is 4. The molecule has 6 atom stereocenters. The van der Waals surface area contributed by atoms with Crippen molar-refractivity contribution in [3.8, 4) is 11.3 Å². The first-order valence-electron chi connectivity index (χ1n) is 15.5. The molecule has 4 fully saturated rings. The fourth-order valence-corrected chi connectivity index (χ4v) is 8.75. The minimum Gasteiger partial charge on any atom is -0.394 e. The van der Waals surface area contributed by atoms with Crippen molar-refractivity contribution in [2.75, 3.05) is 26.8 Å². The number of ether oxygens (including phenoxy) is 2. The Kier molecular flexibility index (Phi) is 9.32. The minimum absolute atomic E-state index is 0.0644. The lowest BCUT2D eigenvalue weighted by Gasteiger charge is -2.47. The summed E-state index contributed by atoms with van der Waals surface area (Å²) in [5.74, 6) is -11.2. The fraction of sp³-hybridized carbons (Fsp3) is 0.700. The maximum Gasteiger partial charge on any atom is 0.254 e. The van der Waals surface area contributed by atoms with Crippen molar-refractivity contribution in [3.05, 3.63) is 35.8 Å². The summed E-state index contributed by atoms with van der Waals surface area (Å²) >= 11 is 0.766. The molecule has 1 amide bonds. The zero-order chi connectivity index (χ0) is 34.8. The predicted molar refractivity (Wildman–Crippen MR) is 154 cm³/mol. The summed E-state index contributed by atoms with van der Waals surface area (Å²) in [6.45, 7) is -1.33. The van der Waals surface area contributed by atoms with Gasteiger partial charge in [0, 0.05) is 50.4 Å².